The number of ether oxygens (including phenoxy) is 3. The molecule has 4 aromatic rings. The summed E-state index contributed by atoms with van der Waals surface area (Å²) in [5.41, 5.74) is 4.77. The maximum Gasteiger partial charge on any atom is 0.242 e. The van der Waals surface area contributed by atoms with Crippen molar-refractivity contribution in [3.05, 3.63) is 131 Å². The lowest BCUT2D eigenvalue weighted by atomic mass is 9.90. The van der Waals surface area contributed by atoms with Crippen LogP contribution in [0.5, 0.6) is 0 Å². The van der Waals surface area contributed by atoms with E-state index in [0.717, 1.165) is 40.9 Å². The molecule has 5 atom stereocenters. The monoisotopic (exact) mass is 699 g/mol. The number of anilines is 1. The van der Waals surface area contributed by atoms with Crippen LogP contribution in [0.1, 0.15) is 47.1 Å². The fraction of sp³-hybridized carbons (Fsp3) is 0.359. The van der Waals surface area contributed by atoms with Gasteiger partial charge >= 0.3 is 0 Å². The average molecular weight is 700 g/mol. The van der Waals surface area contributed by atoms with Gasteiger partial charge < -0.3 is 24.6 Å². The lowest BCUT2D eigenvalue weighted by molar-refractivity contribution is -0.277. The molecule has 0 aromatic heterocycles. The number of aryl methyl sites for hydroxylation is 1. The quantitative estimate of drug-likeness (QED) is 0.186. The van der Waals surface area contributed by atoms with Gasteiger partial charge in [-0.05, 0) is 54.3 Å². The predicted octanol–water partition coefficient (Wildman–Crippen LogP) is 5.14. The number of carbonyl (C=O) groups is 1. The highest BCUT2D eigenvalue weighted by Crippen LogP contribution is 2.42. The van der Waals surface area contributed by atoms with Crippen LogP contribution in [0.2, 0.25) is 0 Å². The number of amides is 1. The Morgan fingerprint density at radius 2 is 1.60 bits per heavy atom. The van der Waals surface area contributed by atoms with E-state index >= 15 is 0 Å². The van der Waals surface area contributed by atoms with Crippen molar-refractivity contribution in [2.24, 2.45) is 5.92 Å². The highest BCUT2D eigenvalue weighted by Gasteiger charge is 2.39. The van der Waals surface area contributed by atoms with Gasteiger partial charge in [-0.1, -0.05) is 91.3 Å². The van der Waals surface area contributed by atoms with Crippen molar-refractivity contribution in [3.8, 4) is 0 Å². The Kier molecular flexibility index (Phi) is 11.8. The number of sulfonamides is 1. The van der Waals surface area contributed by atoms with Gasteiger partial charge in [-0.25, -0.2) is 8.42 Å². The predicted molar refractivity (Wildman–Crippen MR) is 191 cm³/mol. The number of benzene rings is 4. The smallest absolute Gasteiger partial charge is 0.242 e. The fourth-order valence-electron chi connectivity index (χ4n) is 6.37. The third-order valence-corrected chi connectivity index (χ3v) is 10.8. The van der Waals surface area contributed by atoms with Crippen molar-refractivity contribution in [2.45, 2.75) is 56.3 Å². The minimum Gasteiger partial charge on any atom is -0.392 e. The van der Waals surface area contributed by atoms with Gasteiger partial charge in [0, 0.05) is 36.8 Å². The van der Waals surface area contributed by atoms with Crippen molar-refractivity contribution in [2.75, 3.05) is 38.2 Å². The molecule has 2 aliphatic rings. The molecule has 2 saturated heterocycles. The van der Waals surface area contributed by atoms with Crippen molar-refractivity contribution >= 4 is 21.6 Å². The lowest BCUT2D eigenvalue weighted by Crippen LogP contribution is -2.47. The number of hydrogen-bond donors (Lipinski definition) is 3. The molecule has 2 heterocycles. The number of aliphatic hydroxyl groups excluding tert-OH is 1. The van der Waals surface area contributed by atoms with E-state index in [2.05, 4.69) is 21.9 Å². The first kappa shape index (κ1) is 35.9. The van der Waals surface area contributed by atoms with E-state index in [-0.39, 0.29) is 36.0 Å². The first-order valence-electron chi connectivity index (χ1n) is 17.0. The van der Waals surface area contributed by atoms with Crippen LogP contribution in [0, 0.1) is 12.8 Å². The van der Waals surface area contributed by atoms with E-state index < -0.39 is 28.3 Å². The van der Waals surface area contributed by atoms with Crippen LogP contribution >= 0.6 is 0 Å². The number of hydrogen-bond acceptors (Lipinski definition) is 8. The third-order valence-electron chi connectivity index (χ3n) is 9.32. The van der Waals surface area contributed by atoms with E-state index in [1.807, 2.05) is 79.7 Å². The Morgan fingerprint density at radius 1 is 0.880 bits per heavy atom. The van der Waals surface area contributed by atoms with Gasteiger partial charge in [0.2, 0.25) is 15.9 Å². The number of carbonyl (C=O) groups excluding carboxylic acids is 1. The molecule has 0 saturated carbocycles. The summed E-state index contributed by atoms with van der Waals surface area (Å²) < 4.78 is 48.3. The fourth-order valence-corrected chi connectivity index (χ4v) is 7.56. The first-order chi connectivity index (χ1) is 24.2. The molecule has 50 heavy (non-hydrogen) atoms. The lowest BCUT2D eigenvalue weighted by Gasteiger charge is -2.43. The molecule has 0 radical (unpaired) electrons. The van der Waals surface area contributed by atoms with Crippen LogP contribution in [-0.4, -0.2) is 69.3 Å². The van der Waals surface area contributed by atoms with Crippen molar-refractivity contribution in [1.29, 1.82) is 0 Å². The zero-order chi connectivity index (χ0) is 35.1. The van der Waals surface area contributed by atoms with Crippen LogP contribution in [-0.2, 0) is 42.1 Å². The molecule has 5 unspecified atom stereocenters. The Balaban J connectivity index is 1.23. The van der Waals surface area contributed by atoms with Crippen LogP contribution in [0.4, 0.5) is 5.69 Å². The van der Waals surface area contributed by atoms with Crippen LogP contribution in [0.15, 0.2) is 108 Å². The number of morpholine rings is 1. The molecule has 4 aromatic carbocycles. The summed E-state index contributed by atoms with van der Waals surface area (Å²) in [6, 6.07) is 29.8. The molecule has 264 valence electrons. The normalized spacial score (nSPS) is 22.1. The molecule has 6 rings (SSSR count). The summed E-state index contributed by atoms with van der Waals surface area (Å²) in [6.07, 6.45) is -1.00. The highest BCUT2D eigenvalue weighted by molar-refractivity contribution is 7.89. The average Bonchev–Trinajstić information content (AvgIpc) is 3.13. The maximum atomic E-state index is 13.8. The Morgan fingerprint density at radius 3 is 2.30 bits per heavy atom. The molecule has 10 nitrogen and oxygen atoms in total. The standard InChI is InChI=1S/C39H45N3O7S/c1-27-11-17-34(18-12-27)50(45,46)41-35(23-29-7-4-3-5-8-29)38(44)40-33-10-6-9-32(24-33)39-48-36(25-42-19-21-47-22-20-42)28(2)37(49-39)31-15-13-30(26-43)14-16-31/h3-18,24,28,35-37,39,41,43H,19-23,25-26H2,1-2H3,(H,40,44). The summed E-state index contributed by atoms with van der Waals surface area (Å²) in [4.78, 5) is 16.3. The van der Waals surface area contributed by atoms with Crippen molar-refractivity contribution < 1.29 is 32.5 Å². The number of nitrogens with one attached hydrogen (secondary N) is 2. The highest BCUT2D eigenvalue weighted by atomic mass is 32.2. The van der Waals surface area contributed by atoms with E-state index in [1.165, 1.54) is 12.1 Å². The second kappa shape index (κ2) is 16.4. The van der Waals surface area contributed by atoms with Crippen molar-refractivity contribution in [3.63, 3.8) is 0 Å². The van der Waals surface area contributed by atoms with Gasteiger partial charge in [0.05, 0.1) is 36.9 Å². The molecule has 2 aliphatic heterocycles. The zero-order valence-electron chi connectivity index (χ0n) is 28.4. The summed E-state index contributed by atoms with van der Waals surface area (Å²) in [5.74, 6) is -0.468. The Hall–Kier alpha value is -3.94. The second-order valence-corrected chi connectivity index (χ2v) is 14.7. The molecule has 11 heteroatoms. The van der Waals surface area contributed by atoms with Crippen LogP contribution in [0.3, 0.4) is 0 Å². The summed E-state index contributed by atoms with van der Waals surface area (Å²) in [7, 11) is -4.00. The van der Waals surface area contributed by atoms with Gasteiger partial charge in [-0.3, -0.25) is 9.69 Å². The van der Waals surface area contributed by atoms with Gasteiger partial charge in [0.25, 0.3) is 0 Å². The SMILES string of the molecule is Cc1ccc(S(=O)(=O)NC(Cc2ccccc2)C(=O)Nc2cccc(C3OC(CN4CCOCC4)C(C)C(c4ccc(CO)cc4)O3)c2)cc1. The molecule has 0 bridgehead atoms. The van der Waals surface area contributed by atoms with Crippen molar-refractivity contribution in [1.82, 2.24) is 9.62 Å². The van der Waals surface area contributed by atoms with Gasteiger partial charge in [0.1, 0.15) is 6.04 Å². The molecule has 1 amide bonds. The molecular weight excluding hydrogens is 655 g/mol. The summed E-state index contributed by atoms with van der Waals surface area (Å²) in [5, 5.41) is 12.5. The molecule has 0 aliphatic carbocycles. The van der Waals surface area contributed by atoms with E-state index in [9.17, 15) is 18.3 Å². The Bertz CT molecular complexity index is 1810. The zero-order valence-corrected chi connectivity index (χ0v) is 29.2. The first-order valence-corrected chi connectivity index (χ1v) is 18.5. The molecule has 0 spiro atoms. The molecular formula is C39H45N3O7S. The minimum absolute atomic E-state index is 0.0252. The summed E-state index contributed by atoms with van der Waals surface area (Å²) in [6.45, 7) is 7.71. The van der Waals surface area contributed by atoms with Gasteiger partial charge in [0.15, 0.2) is 6.29 Å². The van der Waals surface area contributed by atoms with Crippen LogP contribution in [0.25, 0.3) is 0 Å². The minimum atomic E-state index is -4.00. The van der Waals surface area contributed by atoms with Gasteiger partial charge in [-0.15, -0.1) is 0 Å². The molecule has 2 fully saturated rings. The Labute approximate surface area is 294 Å². The number of aliphatic hydroxyl groups is 1. The number of nitrogens with zero attached hydrogens (tertiary/aromatic N) is 1. The van der Waals surface area contributed by atoms with Gasteiger partial charge in [-0.2, -0.15) is 4.72 Å². The molecule has 3 N–H and O–H groups in total. The summed E-state index contributed by atoms with van der Waals surface area (Å²) >= 11 is 0. The van der Waals surface area contributed by atoms with Crippen LogP contribution < -0.4 is 10.0 Å². The topological polar surface area (TPSA) is 126 Å². The van der Waals surface area contributed by atoms with E-state index in [4.69, 9.17) is 14.2 Å². The second-order valence-electron chi connectivity index (χ2n) is 13.0. The largest absolute Gasteiger partial charge is 0.392 e. The maximum absolute atomic E-state index is 13.8. The third kappa shape index (κ3) is 9.04. The van der Waals surface area contributed by atoms with E-state index in [0.29, 0.717) is 25.4 Å². The van der Waals surface area contributed by atoms with E-state index in [1.54, 1.807) is 18.2 Å². The number of rotatable bonds is 12.